The zero-order valence-corrected chi connectivity index (χ0v) is 15.4. The van der Waals surface area contributed by atoms with Gasteiger partial charge in [0.15, 0.2) is 0 Å². The maximum Gasteiger partial charge on any atom is 0.254 e. The van der Waals surface area contributed by atoms with Crippen LogP contribution in [0.25, 0.3) is 0 Å². The monoisotopic (exact) mass is 321 g/mol. The van der Waals surface area contributed by atoms with Gasteiger partial charge in [0.2, 0.25) is 0 Å². The summed E-state index contributed by atoms with van der Waals surface area (Å²) in [4.78, 5) is 14.4. The van der Waals surface area contributed by atoms with Gasteiger partial charge >= 0.3 is 0 Å². The van der Waals surface area contributed by atoms with Crippen LogP contribution < -0.4 is 0 Å². The Bertz CT molecular complexity index is 540. The molecule has 0 bridgehead atoms. The molecule has 5 nitrogen and oxygen atoms in total. The van der Waals surface area contributed by atoms with Gasteiger partial charge in [0, 0.05) is 26.4 Å². The third-order valence-corrected chi connectivity index (χ3v) is 4.99. The summed E-state index contributed by atoms with van der Waals surface area (Å²) in [5.74, 6) is 0.708. The van der Waals surface area contributed by atoms with E-state index in [9.17, 15) is 4.79 Å². The minimum atomic E-state index is -0.746. The number of amides is 1. The van der Waals surface area contributed by atoms with Crippen molar-refractivity contribution < 1.29 is 9.53 Å². The first-order valence-electron chi connectivity index (χ1n) is 8.56. The Morgan fingerprint density at radius 3 is 2.52 bits per heavy atom. The first-order chi connectivity index (χ1) is 10.7. The van der Waals surface area contributed by atoms with Crippen molar-refractivity contribution in [3.05, 3.63) is 18.0 Å². The van der Waals surface area contributed by atoms with Gasteiger partial charge < -0.3 is 9.64 Å². The Morgan fingerprint density at radius 1 is 1.39 bits per heavy atom. The fourth-order valence-electron chi connectivity index (χ4n) is 3.12. The highest BCUT2D eigenvalue weighted by molar-refractivity contribution is 5.84. The van der Waals surface area contributed by atoms with Crippen molar-refractivity contribution in [2.24, 2.45) is 5.92 Å². The molecule has 0 spiro atoms. The Morgan fingerprint density at radius 2 is 2.00 bits per heavy atom. The number of carbonyl (C=O) groups is 1. The van der Waals surface area contributed by atoms with Gasteiger partial charge in [-0.1, -0.05) is 13.8 Å². The lowest BCUT2D eigenvalue weighted by Crippen LogP contribution is -2.52. The molecule has 1 saturated heterocycles. The van der Waals surface area contributed by atoms with E-state index < -0.39 is 5.60 Å². The van der Waals surface area contributed by atoms with E-state index in [2.05, 4.69) is 36.7 Å². The fraction of sp³-hybridized carbons (Fsp3) is 0.778. The number of ether oxygens (including phenoxy) is 1. The summed E-state index contributed by atoms with van der Waals surface area (Å²) in [5.41, 5.74) is 0.535. The van der Waals surface area contributed by atoms with Crippen LogP contribution in [0.2, 0.25) is 0 Å². The number of carbonyl (C=O) groups excluding carboxylic acids is 1. The van der Waals surface area contributed by atoms with Crippen molar-refractivity contribution in [1.29, 1.82) is 0 Å². The van der Waals surface area contributed by atoms with Crippen molar-refractivity contribution >= 4 is 5.91 Å². The number of likely N-dealkylation sites (tertiary alicyclic amines) is 1. The van der Waals surface area contributed by atoms with Gasteiger partial charge in [0.05, 0.1) is 11.7 Å². The Balaban J connectivity index is 2.02. The number of hydrogen-bond acceptors (Lipinski definition) is 3. The lowest BCUT2D eigenvalue weighted by atomic mass is 9.89. The van der Waals surface area contributed by atoms with E-state index in [1.807, 2.05) is 24.9 Å². The van der Waals surface area contributed by atoms with Gasteiger partial charge in [0.1, 0.15) is 5.60 Å². The smallest absolute Gasteiger partial charge is 0.254 e. The van der Waals surface area contributed by atoms with Gasteiger partial charge in [-0.15, -0.1) is 0 Å². The molecule has 0 aromatic carbocycles. The molecule has 0 unspecified atom stereocenters. The van der Waals surface area contributed by atoms with E-state index in [1.54, 1.807) is 7.11 Å². The second-order valence-electron chi connectivity index (χ2n) is 7.89. The van der Waals surface area contributed by atoms with E-state index in [-0.39, 0.29) is 11.4 Å². The Labute approximate surface area is 140 Å². The standard InChI is InChI=1S/C18H31N3O2/c1-14(2)11-15-12-19-21(13-15)18(5)7-9-20(10-8-18)16(22)17(3,4)23-6/h12-14H,7-11H2,1-6H3. The third kappa shape index (κ3) is 3.94. The van der Waals surface area contributed by atoms with E-state index >= 15 is 0 Å². The van der Waals surface area contributed by atoms with Crippen molar-refractivity contribution in [3.8, 4) is 0 Å². The van der Waals surface area contributed by atoms with Crippen LogP contribution in [0.15, 0.2) is 12.4 Å². The van der Waals surface area contributed by atoms with Crippen LogP contribution in [0.4, 0.5) is 0 Å². The highest BCUT2D eigenvalue weighted by Gasteiger charge is 2.38. The summed E-state index contributed by atoms with van der Waals surface area (Å²) in [6.07, 6.45) is 7.05. The molecule has 130 valence electrons. The van der Waals surface area contributed by atoms with E-state index in [0.29, 0.717) is 5.92 Å². The van der Waals surface area contributed by atoms with Gasteiger partial charge in [0.25, 0.3) is 5.91 Å². The van der Waals surface area contributed by atoms with E-state index in [4.69, 9.17) is 4.74 Å². The first kappa shape index (κ1) is 18.0. The molecule has 0 N–H and O–H groups in total. The SMILES string of the molecule is COC(C)(C)C(=O)N1CCC(C)(n2cc(CC(C)C)cn2)CC1. The number of nitrogens with zero attached hydrogens (tertiary/aromatic N) is 3. The van der Waals surface area contributed by atoms with Crippen LogP contribution in [0.5, 0.6) is 0 Å². The normalized spacial score (nSPS) is 18.5. The molecule has 1 aromatic rings. The van der Waals surface area contributed by atoms with Crippen molar-refractivity contribution in [2.75, 3.05) is 20.2 Å². The van der Waals surface area contributed by atoms with Crippen LogP contribution in [0.1, 0.15) is 53.0 Å². The zero-order valence-electron chi connectivity index (χ0n) is 15.4. The molecule has 1 aliphatic rings. The fourth-order valence-corrected chi connectivity index (χ4v) is 3.12. The van der Waals surface area contributed by atoms with Crippen LogP contribution in [-0.2, 0) is 21.5 Å². The molecular formula is C18H31N3O2. The number of rotatable bonds is 5. The lowest BCUT2D eigenvalue weighted by molar-refractivity contribution is -0.153. The molecule has 0 aliphatic carbocycles. The van der Waals surface area contributed by atoms with Gasteiger partial charge in [-0.2, -0.15) is 5.10 Å². The molecule has 1 aliphatic heterocycles. The second-order valence-corrected chi connectivity index (χ2v) is 7.89. The van der Waals surface area contributed by atoms with Crippen LogP contribution in [0, 0.1) is 5.92 Å². The average molecular weight is 321 g/mol. The summed E-state index contributed by atoms with van der Waals surface area (Å²) < 4.78 is 7.43. The molecule has 0 atom stereocenters. The van der Waals surface area contributed by atoms with E-state index in [1.165, 1.54) is 5.56 Å². The Hall–Kier alpha value is -1.36. The quantitative estimate of drug-likeness (QED) is 0.838. The van der Waals surface area contributed by atoms with Crippen molar-refractivity contribution in [1.82, 2.24) is 14.7 Å². The molecule has 1 amide bonds. The molecule has 0 radical (unpaired) electrons. The highest BCUT2D eigenvalue weighted by atomic mass is 16.5. The largest absolute Gasteiger partial charge is 0.369 e. The molecule has 2 heterocycles. The van der Waals surface area contributed by atoms with Crippen molar-refractivity contribution in [2.45, 2.75) is 65.0 Å². The lowest BCUT2D eigenvalue weighted by Gasteiger charge is -2.41. The predicted molar refractivity (Wildman–Crippen MR) is 91.3 cm³/mol. The van der Waals surface area contributed by atoms with Crippen LogP contribution in [0.3, 0.4) is 0 Å². The van der Waals surface area contributed by atoms with Crippen molar-refractivity contribution in [3.63, 3.8) is 0 Å². The summed E-state index contributed by atoms with van der Waals surface area (Å²) in [6, 6.07) is 0. The number of piperidine rings is 1. The number of methoxy groups -OCH3 is 1. The number of aromatic nitrogens is 2. The van der Waals surface area contributed by atoms with Gasteiger partial charge in [-0.25, -0.2) is 0 Å². The predicted octanol–water partition coefficient (Wildman–Crippen LogP) is 2.84. The van der Waals surface area contributed by atoms with E-state index in [0.717, 1.165) is 32.4 Å². The summed E-state index contributed by atoms with van der Waals surface area (Å²) in [7, 11) is 1.59. The summed E-state index contributed by atoms with van der Waals surface area (Å²) in [6.45, 7) is 11.8. The maximum atomic E-state index is 12.5. The molecule has 1 fully saturated rings. The summed E-state index contributed by atoms with van der Waals surface area (Å²) >= 11 is 0. The molecule has 0 saturated carbocycles. The van der Waals surface area contributed by atoms with Gasteiger partial charge in [-0.3, -0.25) is 9.48 Å². The average Bonchev–Trinajstić information content (AvgIpc) is 2.96. The second kappa shape index (κ2) is 6.63. The first-order valence-corrected chi connectivity index (χ1v) is 8.56. The van der Waals surface area contributed by atoms with Crippen LogP contribution >= 0.6 is 0 Å². The zero-order chi connectivity index (χ0) is 17.3. The van der Waals surface area contributed by atoms with Crippen LogP contribution in [-0.4, -0.2) is 46.4 Å². The molecule has 1 aromatic heterocycles. The molecule has 23 heavy (non-hydrogen) atoms. The maximum absolute atomic E-state index is 12.5. The minimum absolute atomic E-state index is 0.0107. The Kier molecular flexibility index (Phi) is 5.19. The van der Waals surface area contributed by atoms with Gasteiger partial charge in [-0.05, 0) is 51.5 Å². The molecule has 2 rings (SSSR count). The topological polar surface area (TPSA) is 47.4 Å². The number of hydrogen-bond donors (Lipinski definition) is 0. The third-order valence-electron chi connectivity index (χ3n) is 4.99. The molecular weight excluding hydrogens is 290 g/mol. The highest BCUT2D eigenvalue weighted by Crippen LogP contribution is 2.30. The molecule has 5 heteroatoms. The minimum Gasteiger partial charge on any atom is -0.369 e. The summed E-state index contributed by atoms with van der Waals surface area (Å²) in [5, 5.41) is 4.59.